The lowest BCUT2D eigenvalue weighted by Crippen LogP contribution is -2.50. The van der Waals surface area contributed by atoms with Gasteiger partial charge >= 0.3 is 13.2 Å². The van der Waals surface area contributed by atoms with E-state index in [1.54, 1.807) is 0 Å². The lowest BCUT2D eigenvalue weighted by atomic mass is 9.79. The molecule has 3 heterocycles. The van der Waals surface area contributed by atoms with Gasteiger partial charge in [-0.15, -0.1) is 0 Å². The molecule has 6 nitrogen and oxygen atoms in total. The van der Waals surface area contributed by atoms with Crippen molar-refractivity contribution in [2.75, 3.05) is 18.0 Å². The van der Waals surface area contributed by atoms with Gasteiger partial charge in [-0.3, -0.25) is 0 Å². The van der Waals surface area contributed by atoms with Gasteiger partial charge in [0.2, 0.25) is 0 Å². The first-order valence-corrected chi connectivity index (χ1v) is 10.6. The lowest BCUT2D eigenvalue weighted by Gasteiger charge is -2.36. The summed E-state index contributed by atoms with van der Waals surface area (Å²) in [6, 6.07) is 9.02. The number of nitrogens with zero attached hydrogens (tertiary/aromatic N) is 2. The van der Waals surface area contributed by atoms with Crippen LogP contribution in [0.15, 0.2) is 24.3 Å². The van der Waals surface area contributed by atoms with Crippen LogP contribution in [-0.4, -0.2) is 60.1 Å². The molecule has 1 amide bonds. The van der Waals surface area contributed by atoms with Crippen molar-refractivity contribution in [2.24, 2.45) is 0 Å². The van der Waals surface area contributed by atoms with Crippen molar-refractivity contribution < 1.29 is 18.8 Å². The molecule has 1 aromatic rings. The van der Waals surface area contributed by atoms with E-state index < -0.39 is 5.60 Å². The minimum absolute atomic E-state index is 0.194. The Bertz CT molecular complexity index is 771. The Morgan fingerprint density at radius 1 is 1.03 bits per heavy atom. The first-order chi connectivity index (χ1) is 13.4. The molecule has 2 atom stereocenters. The normalized spacial score (nSPS) is 27.6. The quantitative estimate of drug-likeness (QED) is 0.714. The van der Waals surface area contributed by atoms with Gasteiger partial charge in [-0.1, -0.05) is 12.1 Å². The summed E-state index contributed by atoms with van der Waals surface area (Å²) in [4.78, 5) is 16.7. The number of hydrogen-bond acceptors (Lipinski definition) is 5. The van der Waals surface area contributed by atoms with Gasteiger partial charge in [-0.05, 0) is 72.5 Å². The molecule has 0 aliphatic carbocycles. The predicted molar refractivity (Wildman–Crippen MR) is 115 cm³/mol. The van der Waals surface area contributed by atoms with Gasteiger partial charge in [-0.25, -0.2) is 4.79 Å². The highest BCUT2D eigenvalue weighted by atomic mass is 16.7. The molecule has 1 aromatic carbocycles. The van der Waals surface area contributed by atoms with E-state index in [2.05, 4.69) is 56.9 Å². The van der Waals surface area contributed by atoms with E-state index >= 15 is 0 Å². The molecule has 0 radical (unpaired) electrons. The van der Waals surface area contributed by atoms with Crippen molar-refractivity contribution in [2.45, 2.75) is 83.8 Å². The monoisotopic (exact) mass is 400 g/mol. The molecule has 0 N–H and O–H groups in total. The summed E-state index contributed by atoms with van der Waals surface area (Å²) in [5.41, 5.74) is 1.08. The smallest absolute Gasteiger partial charge is 0.444 e. The van der Waals surface area contributed by atoms with Gasteiger partial charge in [-0.2, -0.15) is 0 Å². The van der Waals surface area contributed by atoms with Crippen molar-refractivity contribution in [3.63, 3.8) is 0 Å². The zero-order valence-corrected chi connectivity index (χ0v) is 18.7. The fraction of sp³-hybridized carbons (Fsp3) is 0.682. The standard InChI is InChI=1S/C22H33BN2O4/c1-20(2,3)27-19(26)25-14-17-12-18(25)13-24(17)16-10-8-15(9-11-16)23-28-21(4,5)22(6,7)29-23/h8-11,17-18H,12-14H2,1-7H3/t17?,18-/m0/s1. The lowest BCUT2D eigenvalue weighted by molar-refractivity contribution is 0.00578. The molecule has 7 heteroatoms. The molecule has 3 fully saturated rings. The van der Waals surface area contributed by atoms with Gasteiger partial charge in [0.1, 0.15) is 5.60 Å². The van der Waals surface area contributed by atoms with Crippen LogP contribution in [0.25, 0.3) is 0 Å². The van der Waals surface area contributed by atoms with Crippen LogP contribution in [0.5, 0.6) is 0 Å². The Kier molecular flexibility index (Phi) is 4.70. The second-order valence-electron chi connectivity index (χ2n) is 10.5. The van der Waals surface area contributed by atoms with E-state index in [1.165, 1.54) is 5.69 Å². The maximum Gasteiger partial charge on any atom is 0.494 e. The zero-order valence-electron chi connectivity index (χ0n) is 18.7. The summed E-state index contributed by atoms with van der Waals surface area (Å²) in [6.07, 6.45) is 0.804. The van der Waals surface area contributed by atoms with Crippen LogP contribution in [0.1, 0.15) is 54.9 Å². The fourth-order valence-corrected chi connectivity index (χ4v) is 4.33. The molecular weight excluding hydrogens is 367 g/mol. The number of likely N-dealkylation sites (tertiary alicyclic amines) is 1. The summed E-state index contributed by atoms with van der Waals surface area (Å²) in [6.45, 7) is 15.6. The van der Waals surface area contributed by atoms with E-state index in [9.17, 15) is 4.79 Å². The zero-order chi connectivity index (χ0) is 21.2. The van der Waals surface area contributed by atoms with Crippen LogP contribution in [0.3, 0.4) is 0 Å². The third-order valence-electron chi connectivity index (χ3n) is 6.62. The predicted octanol–water partition coefficient (Wildman–Crippen LogP) is 3.18. The van der Waals surface area contributed by atoms with E-state index in [1.807, 2.05) is 25.7 Å². The average Bonchev–Trinajstić information content (AvgIpc) is 3.25. The maximum atomic E-state index is 12.4. The molecule has 3 saturated heterocycles. The Labute approximate surface area is 174 Å². The number of amides is 1. The van der Waals surface area contributed by atoms with Crippen LogP contribution in [0, 0.1) is 0 Å². The number of anilines is 1. The second kappa shape index (κ2) is 6.64. The van der Waals surface area contributed by atoms with Crippen LogP contribution in [0.4, 0.5) is 10.5 Å². The van der Waals surface area contributed by atoms with E-state index in [-0.39, 0.29) is 30.5 Å². The number of fused-ring (bicyclic) bond motifs is 2. The molecule has 158 valence electrons. The van der Waals surface area contributed by atoms with E-state index in [0.717, 1.165) is 25.0 Å². The maximum absolute atomic E-state index is 12.4. The molecule has 0 aromatic heterocycles. The Morgan fingerprint density at radius 3 is 2.10 bits per heavy atom. The first-order valence-electron chi connectivity index (χ1n) is 10.6. The van der Waals surface area contributed by atoms with Gasteiger partial charge in [0, 0.05) is 24.8 Å². The van der Waals surface area contributed by atoms with E-state index in [0.29, 0.717) is 6.04 Å². The molecule has 3 aliphatic rings. The summed E-state index contributed by atoms with van der Waals surface area (Å²) >= 11 is 0. The number of ether oxygens (including phenoxy) is 1. The Morgan fingerprint density at radius 2 is 1.62 bits per heavy atom. The second-order valence-corrected chi connectivity index (χ2v) is 10.5. The number of carbonyl (C=O) groups excluding carboxylic acids is 1. The molecule has 3 aliphatic heterocycles. The third-order valence-corrected chi connectivity index (χ3v) is 6.62. The molecule has 0 saturated carbocycles. The van der Waals surface area contributed by atoms with Gasteiger partial charge < -0.3 is 23.8 Å². The van der Waals surface area contributed by atoms with Crippen LogP contribution >= 0.6 is 0 Å². The van der Waals surface area contributed by atoms with Crippen molar-refractivity contribution in [1.82, 2.24) is 4.90 Å². The first kappa shape index (κ1) is 20.5. The van der Waals surface area contributed by atoms with Crippen LogP contribution < -0.4 is 10.4 Å². The van der Waals surface area contributed by atoms with Crippen molar-refractivity contribution in [1.29, 1.82) is 0 Å². The van der Waals surface area contributed by atoms with Crippen molar-refractivity contribution in [3.8, 4) is 0 Å². The highest BCUT2D eigenvalue weighted by Gasteiger charge is 2.52. The highest BCUT2D eigenvalue weighted by molar-refractivity contribution is 6.62. The van der Waals surface area contributed by atoms with Crippen LogP contribution in [0.2, 0.25) is 0 Å². The number of rotatable bonds is 2. The van der Waals surface area contributed by atoms with Crippen LogP contribution in [-0.2, 0) is 14.0 Å². The van der Waals surface area contributed by atoms with Crippen molar-refractivity contribution >= 4 is 24.4 Å². The third kappa shape index (κ3) is 3.75. The van der Waals surface area contributed by atoms with Gasteiger partial charge in [0.15, 0.2) is 0 Å². The van der Waals surface area contributed by atoms with Gasteiger partial charge in [0.05, 0.1) is 17.2 Å². The number of piperazine rings is 1. The molecular formula is C22H33BN2O4. The highest BCUT2D eigenvalue weighted by Crippen LogP contribution is 2.37. The topological polar surface area (TPSA) is 51.2 Å². The summed E-state index contributed by atoms with van der Waals surface area (Å²) < 4.78 is 17.9. The minimum atomic E-state index is -0.456. The molecule has 1 unspecified atom stereocenters. The fourth-order valence-electron chi connectivity index (χ4n) is 4.33. The molecule has 2 bridgehead atoms. The van der Waals surface area contributed by atoms with E-state index in [4.69, 9.17) is 14.0 Å². The van der Waals surface area contributed by atoms with Gasteiger partial charge in [0.25, 0.3) is 0 Å². The molecule has 0 spiro atoms. The summed E-state index contributed by atoms with van der Waals surface area (Å²) in [7, 11) is -0.341. The molecule has 4 rings (SSSR count). The summed E-state index contributed by atoms with van der Waals surface area (Å²) in [5.74, 6) is 0. The SMILES string of the molecule is CC(C)(C)OC(=O)N1CC2C[C@H]1CN2c1ccc(B2OC(C)(C)C(C)(C)O2)cc1. The minimum Gasteiger partial charge on any atom is -0.444 e. The number of carbonyl (C=O) groups is 1. The summed E-state index contributed by atoms with van der Waals surface area (Å²) in [5, 5.41) is 0. The Hall–Kier alpha value is -1.73. The molecule has 29 heavy (non-hydrogen) atoms. The number of hydrogen-bond donors (Lipinski definition) is 0. The average molecular weight is 400 g/mol. The van der Waals surface area contributed by atoms with Crippen molar-refractivity contribution in [3.05, 3.63) is 24.3 Å². The largest absolute Gasteiger partial charge is 0.494 e. The number of benzene rings is 1. The Balaban J connectivity index is 1.40.